The van der Waals surface area contributed by atoms with Crippen molar-refractivity contribution >= 4 is 51.6 Å². The number of hydrazone groups is 1. The van der Waals surface area contributed by atoms with E-state index in [1.165, 1.54) is 18.3 Å². The van der Waals surface area contributed by atoms with Gasteiger partial charge in [0.1, 0.15) is 0 Å². The number of nitrogens with zero attached hydrogens (tertiary/aromatic N) is 3. The Hall–Kier alpha value is -2.70. The summed E-state index contributed by atoms with van der Waals surface area (Å²) < 4.78 is 0. The summed E-state index contributed by atoms with van der Waals surface area (Å²) in [6.07, 6.45) is 1.60. The molecule has 7 heteroatoms. The fraction of sp³-hybridized carbons (Fsp3) is 0.150. The van der Waals surface area contributed by atoms with Crippen LogP contribution in [0.3, 0.4) is 0 Å². The van der Waals surface area contributed by atoms with E-state index in [0.29, 0.717) is 21.5 Å². The molecule has 0 bridgehead atoms. The third-order valence-corrected chi connectivity index (χ3v) is 5.26. The third-order valence-electron chi connectivity index (χ3n) is 4.09. The summed E-state index contributed by atoms with van der Waals surface area (Å²) in [5.74, 6) is -0.0873. The van der Waals surface area contributed by atoms with Crippen LogP contribution >= 0.6 is 22.9 Å². The highest BCUT2D eigenvalue weighted by Crippen LogP contribution is 2.32. The number of aryl methyl sites for hydroxylation is 1. The minimum Gasteiger partial charge on any atom is -0.277 e. The number of hydrogen-bond donors (Lipinski definition) is 1. The first-order chi connectivity index (χ1) is 13.0. The second kappa shape index (κ2) is 8.33. The van der Waals surface area contributed by atoms with Crippen molar-refractivity contribution in [1.29, 1.82) is 0 Å². The largest absolute Gasteiger partial charge is 0.277 e. The molecule has 0 unspecified atom stereocenters. The molecule has 0 spiro atoms. The summed E-state index contributed by atoms with van der Waals surface area (Å²) in [5, 5.41) is 7.23. The number of halogens is 1. The molecule has 2 aromatic carbocycles. The van der Waals surface area contributed by atoms with E-state index in [9.17, 15) is 4.79 Å². The number of amides is 1. The maximum atomic E-state index is 12.3. The van der Waals surface area contributed by atoms with E-state index in [4.69, 9.17) is 11.6 Å². The van der Waals surface area contributed by atoms with E-state index in [0.717, 1.165) is 16.8 Å². The molecule has 0 fully saturated rings. The summed E-state index contributed by atoms with van der Waals surface area (Å²) in [5.41, 5.74) is 7.29. The Morgan fingerprint density at radius 3 is 2.74 bits per heavy atom. The van der Waals surface area contributed by atoms with Crippen LogP contribution in [0.15, 0.2) is 52.9 Å². The van der Waals surface area contributed by atoms with Crippen molar-refractivity contribution in [3.05, 3.63) is 69.7 Å². The number of carbonyl (C=O) groups is 1. The highest BCUT2D eigenvalue weighted by Gasteiger charge is 2.19. The van der Waals surface area contributed by atoms with Gasteiger partial charge in [-0.15, -0.1) is 11.3 Å². The topological polar surface area (TPSA) is 57.6 Å². The van der Waals surface area contributed by atoms with Crippen LogP contribution in [-0.4, -0.2) is 17.1 Å². The molecule has 27 heavy (non-hydrogen) atoms. The zero-order valence-electron chi connectivity index (χ0n) is 15.2. The molecule has 0 saturated carbocycles. The molecule has 0 aliphatic heterocycles. The fourth-order valence-corrected chi connectivity index (χ4v) is 3.55. The number of carbonyl (C=O) groups excluding carboxylic acids is 1. The van der Waals surface area contributed by atoms with Gasteiger partial charge in [-0.3, -0.25) is 15.1 Å². The van der Waals surface area contributed by atoms with Crippen LogP contribution in [0.2, 0.25) is 5.02 Å². The molecule has 0 aliphatic rings. The van der Waals surface area contributed by atoms with E-state index in [-0.39, 0.29) is 5.91 Å². The van der Waals surface area contributed by atoms with Crippen LogP contribution < -0.4 is 10.3 Å². The van der Waals surface area contributed by atoms with Crippen LogP contribution in [0.25, 0.3) is 0 Å². The summed E-state index contributed by atoms with van der Waals surface area (Å²) in [6.45, 7) is 5.57. The van der Waals surface area contributed by atoms with Crippen LogP contribution in [0.1, 0.15) is 23.7 Å². The van der Waals surface area contributed by atoms with Crippen molar-refractivity contribution in [2.24, 2.45) is 5.10 Å². The lowest BCUT2D eigenvalue weighted by Crippen LogP contribution is -2.23. The average Bonchev–Trinajstić information content (AvgIpc) is 3.08. The predicted octanol–water partition coefficient (Wildman–Crippen LogP) is 5.54. The summed E-state index contributed by atoms with van der Waals surface area (Å²) in [6, 6.07) is 13.2. The number of para-hydroxylation sites is 1. The second-order valence-corrected chi connectivity index (χ2v) is 7.22. The first kappa shape index (κ1) is 19.1. The predicted molar refractivity (Wildman–Crippen MR) is 114 cm³/mol. The van der Waals surface area contributed by atoms with Crippen LogP contribution in [0.5, 0.6) is 0 Å². The molecule has 0 aliphatic carbocycles. The Balaban J connectivity index is 1.82. The van der Waals surface area contributed by atoms with Crippen molar-refractivity contribution in [3.8, 4) is 0 Å². The van der Waals surface area contributed by atoms with Gasteiger partial charge in [0.05, 0.1) is 28.3 Å². The molecule has 1 amide bonds. The summed E-state index contributed by atoms with van der Waals surface area (Å²) >= 11 is 7.48. The highest BCUT2D eigenvalue weighted by atomic mass is 35.5. The monoisotopic (exact) mass is 398 g/mol. The van der Waals surface area contributed by atoms with Gasteiger partial charge in [-0.25, -0.2) is 4.98 Å². The smallest absolute Gasteiger partial charge is 0.230 e. The Labute approximate surface area is 167 Å². The zero-order valence-corrected chi connectivity index (χ0v) is 16.8. The molecule has 3 aromatic rings. The number of aromatic nitrogens is 1. The van der Waals surface area contributed by atoms with Crippen molar-refractivity contribution in [2.45, 2.75) is 20.8 Å². The van der Waals surface area contributed by atoms with Gasteiger partial charge in [0.2, 0.25) is 5.91 Å². The van der Waals surface area contributed by atoms with Crippen molar-refractivity contribution in [2.75, 3.05) is 10.3 Å². The van der Waals surface area contributed by atoms with Gasteiger partial charge in [0, 0.05) is 12.3 Å². The van der Waals surface area contributed by atoms with Crippen molar-refractivity contribution in [3.63, 3.8) is 0 Å². The maximum absolute atomic E-state index is 12.3. The molecule has 0 saturated heterocycles. The van der Waals surface area contributed by atoms with Gasteiger partial charge >= 0.3 is 0 Å². The third kappa shape index (κ3) is 4.35. The number of thiazole rings is 1. The quantitative estimate of drug-likeness (QED) is 0.453. The molecule has 5 nitrogen and oxygen atoms in total. The minimum atomic E-state index is -0.0873. The molecule has 1 N–H and O–H groups in total. The summed E-state index contributed by atoms with van der Waals surface area (Å²) in [4.78, 5) is 18.5. The second-order valence-electron chi connectivity index (χ2n) is 5.98. The lowest BCUT2D eigenvalue weighted by Gasteiger charge is -2.21. The lowest BCUT2D eigenvalue weighted by atomic mass is 10.1. The molecule has 138 valence electrons. The van der Waals surface area contributed by atoms with Crippen LogP contribution in [0, 0.1) is 13.8 Å². The Morgan fingerprint density at radius 2 is 2.00 bits per heavy atom. The van der Waals surface area contributed by atoms with E-state index < -0.39 is 0 Å². The molecule has 1 heterocycles. The number of anilines is 3. The van der Waals surface area contributed by atoms with Gasteiger partial charge in [0.15, 0.2) is 5.13 Å². The van der Waals surface area contributed by atoms with Gasteiger partial charge in [-0.2, -0.15) is 5.10 Å². The Kier molecular flexibility index (Phi) is 5.88. The van der Waals surface area contributed by atoms with E-state index >= 15 is 0 Å². The number of rotatable bonds is 5. The maximum Gasteiger partial charge on any atom is 0.230 e. The van der Waals surface area contributed by atoms with Crippen molar-refractivity contribution < 1.29 is 4.79 Å². The minimum absolute atomic E-state index is 0.0873. The number of benzene rings is 2. The van der Waals surface area contributed by atoms with Gasteiger partial charge in [-0.1, -0.05) is 35.9 Å². The van der Waals surface area contributed by atoms with Crippen LogP contribution in [0.4, 0.5) is 16.5 Å². The number of nitrogens with one attached hydrogen (secondary N) is 1. The SMILES string of the molecule is CC(=O)N(c1nc(/C=N\Nc2ccccc2Cl)cs1)c1cccc(C)c1C. The highest BCUT2D eigenvalue weighted by molar-refractivity contribution is 7.14. The van der Waals surface area contributed by atoms with Gasteiger partial charge in [0.25, 0.3) is 0 Å². The molecule has 0 atom stereocenters. The number of hydrogen-bond acceptors (Lipinski definition) is 5. The first-order valence-electron chi connectivity index (χ1n) is 8.33. The lowest BCUT2D eigenvalue weighted by molar-refractivity contribution is -0.115. The standard InChI is InChI=1S/C20H19ClN4OS/c1-13-7-6-10-19(14(13)2)25(15(3)26)20-23-16(12-27-20)11-22-24-18-9-5-4-8-17(18)21/h4-12,24H,1-3H3/b22-11-. The Bertz CT molecular complexity index is 999. The molecule has 1 aromatic heterocycles. The first-order valence-corrected chi connectivity index (χ1v) is 9.59. The molecule has 3 rings (SSSR count). The molecular formula is C20H19ClN4OS. The molecule has 0 radical (unpaired) electrons. The van der Waals surface area contributed by atoms with Gasteiger partial charge < -0.3 is 0 Å². The van der Waals surface area contributed by atoms with Crippen molar-refractivity contribution in [1.82, 2.24) is 4.98 Å². The van der Waals surface area contributed by atoms with E-state index in [1.54, 1.807) is 17.2 Å². The Morgan fingerprint density at radius 1 is 1.22 bits per heavy atom. The normalized spacial score (nSPS) is 11.0. The average molecular weight is 399 g/mol. The fourth-order valence-electron chi connectivity index (χ4n) is 2.54. The molecular weight excluding hydrogens is 380 g/mol. The van der Waals surface area contributed by atoms with Crippen LogP contribution in [-0.2, 0) is 4.79 Å². The summed E-state index contributed by atoms with van der Waals surface area (Å²) in [7, 11) is 0. The van der Waals surface area contributed by atoms with E-state index in [2.05, 4.69) is 15.5 Å². The van der Waals surface area contributed by atoms with E-state index in [1.807, 2.05) is 55.6 Å². The zero-order chi connectivity index (χ0) is 19.4. The van der Waals surface area contributed by atoms with Gasteiger partial charge in [-0.05, 0) is 43.2 Å².